The third-order valence-corrected chi connectivity index (χ3v) is 5.42. The van der Waals surface area contributed by atoms with Crippen LogP contribution in [0, 0.1) is 29.6 Å². The van der Waals surface area contributed by atoms with Crippen molar-refractivity contribution in [3.8, 4) is 0 Å². The van der Waals surface area contributed by atoms with Crippen LogP contribution in [0.4, 0.5) is 0 Å². The topological polar surface area (TPSA) is 35.2 Å². The maximum Gasteiger partial charge on any atom is 0.0623 e. The van der Waals surface area contributed by atoms with Crippen molar-refractivity contribution in [2.45, 2.75) is 58.1 Å². The Morgan fingerprint density at radius 2 is 1.53 bits per heavy atom. The van der Waals surface area contributed by atoms with Gasteiger partial charge in [0.15, 0.2) is 0 Å². The van der Waals surface area contributed by atoms with Gasteiger partial charge in [0.1, 0.15) is 0 Å². The molecule has 4 aliphatic rings. The average Bonchev–Trinajstić information content (AvgIpc) is 2.24. The summed E-state index contributed by atoms with van der Waals surface area (Å²) in [5, 5.41) is 0. The van der Waals surface area contributed by atoms with Gasteiger partial charge in [0.05, 0.1) is 12.7 Å². The maximum atomic E-state index is 6.42. The number of hydrogen-bond donors (Lipinski definition) is 1. The molecule has 0 aromatic heterocycles. The van der Waals surface area contributed by atoms with Crippen molar-refractivity contribution in [1.82, 2.24) is 0 Å². The molecular weight excluding hydrogens is 210 g/mol. The van der Waals surface area contributed by atoms with E-state index in [1.807, 2.05) is 0 Å². The summed E-state index contributed by atoms with van der Waals surface area (Å²) in [4.78, 5) is 0. The first-order valence-electron chi connectivity index (χ1n) is 7.50. The first-order valence-corrected chi connectivity index (χ1v) is 7.50. The van der Waals surface area contributed by atoms with Crippen LogP contribution in [0.2, 0.25) is 0 Å². The van der Waals surface area contributed by atoms with E-state index in [9.17, 15) is 0 Å². The second kappa shape index (κ2) is 4.55. The van der Waals surface area contributed by atoms with Gasteiger partial charge in [-0.1, -0.05) is 0 Å². The van der Waals surface area contributed by atoms with Gasteiger partial charge in [-0.2, -0.15) is 0 Å². The first kappa shape index (κ1) is 12.0. The predicted octanol–water partition coefficient (Wildman–Crippen LogP) is 2.81. The molecule has 17 heavy (non-hydrogen) atoms. The molecule has 2 heteroatoms. The van der Waals surface area contributed by atoms with E-state index in [1.54, 1.807) is 0 Å². The highest BCUT2D eigenvalue weighted by atomic mass is 16.5. The van der Waals surface area contributed by atoms with Crippen molar-refractivity contribution < 1.29 is 4.74 Å². The molecule has 1 unspecified atom stereocenters. The highest BCUT2D eigenvalue weighted by Gasteiger charge is 2.49. The standard InChI is InChI=1S/C15H27NO/c1-9(2)17-8-14(16)15-12-4-10-3-11(6-12)7-13(15)5-10/h9-15H,3-8,16H2,1-2H3. The van der Waals surface area contributed by atoms with E-state index in [2.05, 4.69) is 13.8 Å². The SMILES string of the molecule is CC(C)OCC(N)C1C2CC3CC(C2)CC1C3. The molecule has 0 aromatic rings. The number of rotatable bonds is 4. The lowest BCUT2D eigenvalue weighted by Gasteiger charge is -2.56. The Balaban J connectivity index is 1.63. The quantitative estimate of drug-likeness (QED) is 0.816. The molecule has 0 aromatic carbocycles. The molecule has 1 atom stereocenters. The number of nitrogens with two attached hydrogens (primary N) is 1. The fourth-order valence-electron chi connectivity index (χ4n) is 5.08. The van der Waals surface area contributed by atoms with Gasteiger partial charge in [0, 0.05) is 6.04 Å². The maximum absolute atomic E-state index is 6.42. The second-order valence-electron chi connectivity index (χ2n) is 7.05. The lowest BCUT2D eigenvalue weighted by atomic mass is 9.50. The molecule has 0 amide bonds. The van der Waals surface area contributed by atoms with Gasteiger partial charge >= 0.3 is 0 Å². The monoisotopic (exact) mass is 237 g/mol. The van der Waals surface area contributed by atoms with Crippen LogP contribution in [0.3, 0.4) is 0 Å². The summed E-state index contributed by atoms with van der Waals surface area (Å²) >= 11 is 0. The van der Waals surface area contributed by atoms with Crippen LogP contribution < -0.4 is 5.73 Å². The Labute approximate surface area is 105 Å². The lowest BCUT2D eigenvalue weighted by molar-refractivity contribution is -0.0625. The average molecular weight is 237 g/mol. The van der Waals surface area contributed by atoms with Gasteiger partial charge in [0.25, 0.3) is 0 Å². The molecule has 4 fully saturated rings. The van der Waals surface area contributed by atoms with Crippen molar-refractivity contribution in [2.75, 3.05) is 6.61 Å². The normalized spacial score (nSPS) is 45.5. The summed E-state index contributed by atoms with van der Waals surface area (Å²) in [6.45, 7) is 4.97. The van der Waals surface area contributed by atoms with E-state index < -0.39 is 0 Å². The zero-order valence-electron chi connectivity index (χ0n) is 11.3. The third kappa shape index (κ3) is 2.26. The van der Waals surface area contributed by atoms with Gasteiger partial charge in [-0.3, -0.25) is 0 Å². The molecule has 0 spiro atoms. The molecular formula is C15H27NO. The van der Waals surface area contributed by atoms with Crippen molar-refractivity contribution >= 4 is 0 Å². The molecule has 4 bridgehead atoms. The van der Waals surface area contributed by atoms with E-state index >= 15 is 0 Å². The van der Waals surface area contributed by atoms with E-state index in [0.717, 1.165) is 36.2 Å². The van der Waals surface area contributed by atoms with E-state index in [4.69, 9.17) is 10.5 Å². The van der Waals surface area contributed by atoms with Crippen molar-refractivity contribution in [1.29, 1.82) is 0 Å². The molecule has 4 aliphatic carbocycles. The zero-order valence-corrected chi connectivity index (χ0v) is 11.3. The first-order chi connectivity index (χ1) is 8.13. The highest BCUT2D eigenvalue weighted by Crippen LogP contribution is 2.57. The lowest BCUT2D eigenvalue weighted by Crippen LogP contribution is -2.53. The summed E-state index contributed by atoms with van der Waals surface area (Å²) in [6.07, 6.45) is 7.70. The zero-order chi connectivity index (χ0) is 12.0. The molecule has 98 valence electrons. The van der Waals surface area contributed by atoms with Gasteiger partial charge in [-0.25, -0.2) is 0 Å². The molecule has 4 rings (SSSR count). The summed E-state index contributed by atoms with van der Waals surface area (Å²) in [5.74, 6) is 4.72. The van der Waals surface area contributed by atoms with E-state index in [1.165, 1.54) is 32.1 Å². The Bertz CT molecular complexity index is 248. The molecule has 0 heterocycles. The minimum Gasteiger partial charge on any atom is -0.377 e. The highest BCUT2D eigenvalue weighted by molar-refractivity contribution is 5.00. The summed E-state index contributed by atoms with van der Waals surface area (Å²) in [5.41, 5.74) is 6.42. The Kier molecular flexibility index (Phi) is 3.20. The van der Waals surface area contributed by atoms with Crippen LogP contribution in [-0.2, 0) is 4.74 Å². The predicted molar refractivity (Wildman–Crippen MR) is 69.6 cm³/mol. The number of hydrogen-bond acceptors (Lipinski definition) is 2. The fraction of sp³-hybridized carbons (Fsp3) is 1.00. The minimum atomic E-state index is 0.285. The van der Waals surface area contributed by atoms with Crippen molar-refractivity contribution in [3.05, 3.63) is 0 Å². The van der Waals surface area contributed by atoms with Crippen molar-refractivity contribution in [2.24, 2.45) is 35.3 Å². The van der Waals surface area contributed by atoms with Gasteiger partial charge in [-0.15, -0.1) is 0 Å². The third-order valence-electron chi connectivity index (χ3n) is 5.42. The van der Waals surface area contributed by atoms with Gasteiger partial charge in [0.2, 0.25) is 0 Å². The van der Waals surface area contributed by atoms with Gasteiger partial charge in [-0.05, 0) is 75.5 Å². The van der Waals surface area contributed by atoms with Crippen LogP contribution in [0.1, 0.15) is 46.0 Å². The summed E-state index contributed by atoms with van der Waals surface area (Å²) in [7, 11) is 0. The molecule has 2 nitrogen and oxygen atoms in total. The van der Waals surface area contributed by atoms with Crippen LogP contribution in [0.25, 0.3) is 0 Å². The Hall–Kier alpha value is -0.0800. The molecule has 0 saturated heterocycles. The largest absolute Gasteiger partial charge is 0.377 e. The van der Waals surface area contributed by atoms with Gasteiger partial charge < -0.3 is 10.5 Å². The molecule has 0 radical (unpaired) electrons. The van der Waals surface area contributed by atoms with Crippen molar-refractivity contribution in [3.63, 3.8) is 0 Å². The van der Waals surface area contributed by atoms with Crippen LogP contribution in [0.5, 0.6) is 0 Å². The van der Waals surface area contributed by atoms with E-state index in [-0.39, 0.29) is 6.04 Å². The van der Waals surface area contributed by atoms with Crippen LogP contribution in [-0.4, -0.2) is 18.8 Å². The van der Waals surface area contributed by atoms with Crippen LogP contribution in [0.15, 0.2) is 0 Å². The second-order valence-corrected chi connectivity index (χ2v) is 7.05. The smallest absolute Gasteiger partial charge is 0.0623 e. The fourth-order valence-corrected chi connectivity index (χ4v) is 5.08. The Morgan fingerprint density at radius 3 is 2.00 bits per heavy atom. The Morgan fingerprint density at radius 1 is 1.00 bits per heavy atom. The van der Waals surface area contributed by atoms with Crippen LogP contribution >= 0.6 is 0 Å². The molecule has 0 aliphatic heterocycles. The summed E-state index contributed by atoms with van der Waals surface area (Å²) in [6, 6.07) is 0.285. The molecule has 4 saturated carbocycles. The minimum absolute atomic E-state index is 0.285. The number of ether oxygens (including phenoxy) is 1. The van der Waals surface area contributed by atoms with E-state index in [0.29, 0.717) is 6.10 Å². The molecule has 2 N–H and O–H groups in total. The summed E-state index contributed by atoms with van der Waals surface area (Å²) < 4.78 is 5.74.